The SMILES string of the molecule is CCCCCCCCNc1cc(NCC)nc(C2CC2)n1. The van der Waals surface area contributed by atoms with E-state index in [1.807, 2.05) is 6.07 Å². The maximum atomic E-state index is 4.66. The van der Waals surface area contributed by atoms with Gasteiger partial charge >= 0.3 is 0 Å². The molecule has 2 rings (SSSR count). The predicted molar refractivity (Wildman–Crippen MR) is 90.0 cm³/mol. The normalized spacial score (nSPS) is 14.2. The molecule has 1 heterocycles. The number of anilines is 2. The van der Waals surface area contributed by atoms with E-state index in [-0.39, 0.29) is 0 Å². The fourth-order valence-electron chi connectivity index (χ4n) is 2.47. The number of aromatic nitrogens is 2. The van der Waals surface area contributed by atoms with Gasteiger partial charge in [0, 0.05) is 25.1 Å². The van der Waals surface area contributed by atoms with Gasteiger partial charge in [-0.1, -0.05) is 39.0 Å². The third kappa shape index (κ3) is 5.90. The second-order valence-corrected chi connectivity index (χ2v) is 6.00. The highest BCUT2D eigenvalue weighted by atomic mass is 15.1. The fourth-order valence-corrected chi connectivity index (χ4v) is 2.47. The zero-order valence-corrected chi connectivity index (χ0v) is 13.6. The Labute approximate surface area is 129 Å². The Morgan fingerprint density at radius 1 is 0.952 bits per heavy atom. The molecular formula is C17H30N4. The Kier molecular flexibility index (Phi) is 6.77. The second kappa shape index (κ2) is 8.85. The molecule has 2 N–H and O–H groups in total. The van der Waals surface area contributed by atoms with Gasteiger partial charge in [0.05, 0.1) is 0 Å². The van der Waals surface area contributed by atoms with Gasteiger partial charge in [-0.3, -0.25) is 0 Å². The standard InChI is InChI=1S/C17H30N4/c1-3-5-6-7-8-9-12-19-16-13-15(18-4-2)20-17(21-16)14-10-11-14/h13-14H,3-12H2,1-2H3,(H2,18,19,20,21). The Bertz CT molecular complexity index is 415. The molecule has 1 saturated carbocycles. The van der Waals surface area contributed by atoms with Crippen LogP contribution in [0, 0.1) is 0 Å². The summed E-state index contributed by atoms with van der Waals surface area (Å²) in [5, 5.41) is 6.77. The average molecular weight is 290 g/mol. The number of hydrogen-bond donors (Lipinski definition) is 2. The lowest BCUT2D eigenvalue weighted by molar-refractivity contribution is 0.616. The highest BCUT2D eigenvalue weighted by Gasteiger charge is 2.27. The third-order valence-corrected chi connectivity index (χ3v) is 3.88. The Morgan fingerprint density at radius 3 is 2.29 bits per heavy atom. The van der Waals surface area contributed by atoms with E-state index >= 15 is 0 Å². The van der Waals surface area contributed by atoms with Gasteiger partial charge in [-0.15, -0.1) is 0 Å². The first-order valence-corrected chi connectivity index (χ1v) is 8.70. The van der Waals surface area contributed by atoms with Crippen LogP contribution in [0.1, 0.15) is 77.0 Å². The zero-order valence-electron chi connectivity index (χ0n) is 13.6. The van der Waals surface area contributed by atoms with Crippen molar-refractivity contribution in [2.45, 2.75) is 71.1 Å². The first kappa shape index (κ1) is 16.1. The lowest BCUT2D eigenvalue weighted by Crippen LogP contribution is -2.08. The van der Waals surface area contributed by atoms with Gasteiger partial charge in [0.25, 0.3) is 0 Å². The summed E-state index contributed by atoms with van der Waals surface area (Å²) in [6.45, 7) is 6.27. The van der Waals surface area contributed by atoms with E-state index in [2.05, 4.69) is 34.4 Å². The summed E-state index contributed by atoms with van der Waals surface area (Å²) in [5.74, 6) is 3.55. The van der Waals surface area contributed by atoms with Crippen molar-refractivity contribution in [2.75, 3.05) is 23.7 Å². The topological polar surface area (TPSA) is 49.8 Å². The number of hydrogen-bond acceptors (Lipinski definition) is 4. The molecule has 1 aromatic heterocycles. The Hall–Kier alpha value is -1.32. The molecule has 4 heteroatoms. The van der Waals surface area contributed by atoms with Gasteiger partial charge in [0.1, 0.15) is 17.5 Å². The van der Waals surface area contributed by atoms with Crippen molar-refractivity contribution in [3.63, 3.8) is 0 Å². The molecule has 0 spiro atoms. The third-order valence-electron chi connectivity index (χ3n) is 3.88. The van der Waals surface area contributed by atoms with Gasteiger partial charge in [0.15, 0.2) is 0 Å². The predicted octanol–water partition coefficient (Wildman–Crippen LogP) is 4.56. The lowest BCUT2D eigenvalue weighted by Gasteiger charge is -2.10. The Morgan fingerprint density at radius 2 is 1.62 bits per heavy atom. The van der Waals surface area contributed by atoms with Crippen LogP contribution < -0.4 is 10.6 Å². The minimum atomic E-state index is 0.596. The van der Waals surface area contributed by atoms with Crippen molar-refractivity contribution in [1.82, 2.24) is 9.97 Å². The molecular weight excluding hydrogens is 260 g/mol. The summed E-state index contributed by atoms with van der Waals surface area (Å²) < 4.78 is 0. The summed E-state index contributed by atoms with van der Waals surface area (Å²) in [6, 6.07) is 2.03. The summed E-state index contributed by atoms with van der Waals surface area (Å²) in [7, 11) is 0. The van der Waals surface area contributed by atoms with Crippen molar-refractivity contribution in [1.29, 1.82) is 0 Å². The Balaban J connectivity index is 1.76. The monoisotopic (exact) mass is 290 g/mol. The molecule has 0 radical (unpaired) electrons. The van der Waals surface area contributed by atoms with Crippen LogP contribution in [0.15, 0.2) is 6.07 Å². The van der Waals surface area contributed by atoms with Gasteiger partial charge < -0.3 is 10.6 Å². The molecule has 1 aliphatic rings. The first-order valence-electron chi connectivity index (χ1n) is 8.70. The lowest BCUT2D eigenvalue weighted by atomic mass is 10.1. The molecule has 0 saturated heterocycles. The highest BCUT2D eigenvalue weighted by molar-refractivity contribution is 5.48. The van der Waals surface area contributed by atoms with E-state index in [4.69, 9.17) is 0 Å². The fraction of sp³-hybridized carbons (Fsp3) is 0.765. The zero-order chi connectivity index (χ0) is 14.9. The summed E-state index contributed by atoms with van der Waals surface area (Å²) in [4.78, 5) is 9.26. The molecule has 0 bridgehead atoms. The maximum absolute atomic E-state index is 4.66. The van der Waals surface area contributed by atoms with Gasteiger partial charge in [-0.05, 0) is 26.2 Å². The molecule has 1 fully saturated rings. The molecule has 0 atom stereocenters. The quantitative estimate of drug-likeness (QED) is 0.587. The molecule has 1 aliphatic carbocycles. The van der Waals surface area contributed by atoms with Crippen LogP contribution in [0.25, 0.3) is 0 Å². The molecule has 0 aromatic carbocycles. The maximum Gasteiger partial charge on any atom is 0.136 e. The van der Waals surface area contributed by atoms with E-state index in [1.54, 1.807) is 0 Å². The van der Waals surface area contributed by atoms with Gasteiger partial charge in [0.2, 0.25) is 0 Å². The van der Waals surface area contributed by atoms with Crippen LogP contribution in [-0.2, 0) is 0 Å². The van der Waals surface area contributed by atoms with Gasteiger partial charge in [-0.25, -0.2) is 9.97 Å². The van der Waals surface area contributed by atoms with E-state index in [1.165, 1.54) is 51.4 Å². The van der Waals surface area contributed by atoms with Crippen LogP contribution in [0.4, 0.5) is 11.6 Å². The number of unbranched alkanes of at least 4 members (excludes halogenated alkanes) is 5. The van der Waals surface area contributed by atoms with Crippen molar-refractivity contribution < 1.29 is 0 Å². The molecule has 0 aliphatic heterocycles. The van der Waals surface area contributed by atoms with Crippen LogP contribution in [0.2, 0.25) is 0 Å². The smallest absolute Gasteiger partial charge is 0.136 e. The molecule has 0 unspecified atom stereocenters. The summed E-state index contributed by atoms with van der Waals surface area (Å²) in [6.07, 6.45) is 10.4. The van der Waals surface area contributed by atoms with Gasteiger partial charge in [-0.2, -0.15) is 0 Å². The molecule has 0 amide bonds. The molecule has 1 aromatic rings. The molecule has 118 valence electrons. The molecule has 4 nitrogen and oxygen atoms in total. The van der Waals surface area contributed by atoms with Crippen LogP contribution in [0.3, 0.4) is 0 Å². The highest BCUT2D eigenvalue weighted by Crippen LogP contribution is 2.38. The summed E-state index contributed by atoms with van der Waals surface area (Å²) >= 11 is 0. The van der Waals surface area contributed by atoms with Crippen molar-refractivity contribution in [3.8, 4) is 0 Å². The van der Waals surface area contributed by atoms with E-state index < -0.39 is 0 Å². The number of nitrogens with zero attached hydrogens (tertiary/aromatic N) is 2. The minimum Gasteiger partial charge on any atom is -0.370 e. The van der Waals surface area contributed by atoms with Crippen LogP contribution in [0.5, 0.6) is 0 Å². The van der Waals surface area contributed by atoms with Crippen molar-refractivity contribution in [3.05, 3.63) is 11.9 Å². The molecule has 21 heavy (non-hydrogen) atoms. The largest absolute Gasteiger partial charge is 0.370 e. The van der Waals surface area contributed by atoms with Crippen LogP contribution >= 0.6 is 0 Å². The van der Waals surface area contributed by atoms with E-state index in [0.29, 0.717) is 5.92 Å². The first-order chi connectivity index (χ1) is 10.3. The minimum absolute atomic E-state index is 0.596. The van der Waals surface area contributed by atoms with E-state index in [0.717, 1.165) is 30.5 Å². The van der Waals surface area contributed by atoms with Crippen LogP contribution in [-0.4, -0.2) is 23.1 Å². The number of nitrogens with one attached hydrogen (secondary N) is 2. The number of rotatable bonds is 11. The average Bonchev–Trinajstić information content (AvgIpc) is 3.31. The second-order valence-electron chi connectivity index (χ2n) is 6.00. The summed E-state index contributed by atoms with van der Waals surface area (Å²) in [5.41, 5.74) is 0. The van der Waals surface area contributed by atoms with Crippen molar-refractivity contribution >= 4 is 11.6 Å². The van der Waals surface area contributed by atoms with E-state index in [9.17, 15) is 0 Å². The van der Waals surface area contributed by atoms with Crippen molar-refractivity contribution in [2.24, 2.45) is 0 Å².